The quantitative estimate of drug-likeness (QED) is 0.627. The van der Waals surface area contributed by atoms with Crippen molar-refractivity contribution in [1.82, 2.24) is 10.6 Å². The molecule has 1 aromatic carbocycles. The number of halogens is 1. The molecule has 1 aromatic rings. The summed E-state index contributed by atoms with van der Waals surface area (Å²) in [5.74, 6) is -0.426. The third-order valence-corrected chi connectivity index (χ3v) is 3.80. The molecule has 0 aliphatic heterocycles. The number of rotatable bonds is 9. The maximum absolute atomic E-state index is 11.7. The summed E-state index contributed by atoms with van der Waals surface area (Å²) in [6.07, 6.45) is 0.846. The molecule has 1 rings (SSSR count). The van der Waals surface area contributed by atoms with E-state index in [-0.39, 0.29) is 35.8 Å². The van der Waals surface area contributed by atoms with Gasteiger partial charge in [-0.25, -0.2) is 0 Å². The van der Waals surface area contributed by atoms with E-state index in [0.717, 1.165) is 6.42 Å². The fourth-order valence-corrected chi connectivity index (χ4v) is 2.30. The molecule has 0 saturated heterocycles. The lowest BCUT2D eigenvalue weighted by Crippen LogP contribution is -2.38. The maximum atomic E-state index is 11.7. The van der Waals surface area contributed by atoms with Crippen LogP contribution in [0, 0.1) is 0 Å². The van der Waals surface area contributed by atoms with Gasteiger partial charge in [-0.3, -0.25) is 14.4 Å². The maximum Gasteiger partial charge on any atom is 0.239 e. The number of carbonyl (C=O) groups excluding carboxylic acids is 3. The molecule has 3 N–H and O–H groups in total. The van der Waals surface area contributed by atoms with Crippen LogP contribution in [-0.4, -0.2) is 42.3 Å². The fraction of sp³-hybridized carbons (Fsp3) is 0.400. The van der Waals surface area contributed by atoms with Crippen molar-refractivity contribution in [2.45, 2.75) is 13.3 Å². The fourth-order valence-electron chi connectivity index (χ4n) is 1.52. The molecule has 0 heterocycles. The number of carbonyl (C=O) groups is 3. The highest BCUT2D eigenvalue weighted by atomic mass is 35.5. The Morgan fingerprint density at radius 2 is 1.65 bits per heavy atom. The second-order valence-corrected chi connectivity index (χ2v) is 6.10. The van der Waals surface area contributed by atoms with Crippen LogP contribution in [-0.2, 0) is 14.4 Å². The molecular weight excluding hydrogens is 338 g/mol. The monoisotopic (exact) mass is 357 g/mol. The Hall–Kier alpha value is -1.73. The molecule has 0 aliphatic rings. The molecule has 0 spiro atoms. The molecule has 0 unspecified atom stereocenters. The lowest BCUT2D eigenvalue weighted by molar-refractivity contribution is -0.124. The zero-order valence-corrected chi connectivity index (χ0v) is 14.4. The summed E-state index contributed by atoms with van der Waals surface area (Å²) in [5, 5.41) is 8.46. The third-order valence-electron chi connectivity index (χ3n) is 2.61. The van der Waals surface area contributed by atoms with Gasteiger partial charge >= 0.3 is 0 Å². The standard InChI is InChI=1S/C15H20ClN3O3S/c1-2-7-17-13(20)8-18-14(21)9-23-10-15(22)19-12-5-3-11(16)4-6-12/h3-6H,2,7-10H2,1H3,(H,17,20)(H,18,21)(H,19,22). The summed E-state index contributed by atoms with van der Waals surface area (Å²) in [6, 6.07) is 6.77. The highest BCUT2D eigenvalue weighted by Crippen LogP contribution is 2.13. The van der Waals surface area contributed by atoms with E-state index in [2.05, 4.69) is 16.0 Å². The van der Waals surface area contributed by atoms with Gasteiger partial charge in [-0.15, -0.1) is 11.8 Å². The highest BCUT2D eigenvalue weighted by Gasteiger charge is 2.07. The van der Waals surface area contributed by atoms with Gasteiger partial charge in [-0.2, -0.15) is 0 Å². The van der Waals surface area contributed by atoms with Crippen molar-refractivity contribution in [3.8, 4) is 0 Å². The van der Waals surface area contributed by atoms with Crippen LogP contribution < -0.4 is 16.0 Å². The predicted octanol–water partition coefficient (Wildman–Crippen LogP) is 1.65. The number of benzene rings is 1. The summed E-state index contributed by atoms with van der Waals surface area (Å²) in [4.78, 5) is 34.6. The van der Waals surface area contributed by atoms with Gasteiger partial charge < -0.3 is 16.0 Å². The van der Waals surface area contributed by atoms with Crippen LogP contribution in [0.25, 0.3) is 0 Å². The van der Waals surface area contributed by atoms with Gasteiger partial charge in [0.1, 0.15) is 0 Å². The molecule has 23 heavy (non-hydrogen) atoms. The Morgan fingerprint density at radius 1 is 1.00 bits per heavy atom. The van der Waals surface area contributed by atoms with E-state index in [1.807, 2.05) is 6.92 Å². The van der Waals surface area contributed by atoms with Crippen LogP contribution in [0.4, 0.5) is 5.69 Å². The van der Waals surface area contributed by atoms with E-state index in [1.54, 1.807) is 24.3 Å². The summed E-state index contributed by atoms with van der Waals surface area (Å²) < 4.78 is 0. The molecule has 0 bridgehead atoms. The zero-order valence-electron chi connectivity index (χ0n) is 12.9. The second kappa shape index (κ2) is 10.9. The molecule has 3 amide bonds. The Morgan fingerprint density at radius 3 is 2.30 bits per heavy atom. The Bertz CT molecular complexity index is 537. The van der Waals surface area contributed by atoms with Crippen molar-refractivity contribution >= 4 is 46.8 Å². The van der Waals surface area contributed by atoms with Gasteiger partial charge in [-0.05, 0) is 30.7 Å². The molecule has 0 radical (unpaired) electrons. The predicted molar refractivity (Wildman–Crippen MR) is 93.7 cm³/mol. The molecule has 0 aliphatic carbocycles. The number of hydrogen-bond acceptors (Lipinski definition) is 4. The highest BCUT2D eigenvalue weighted by molar-refractivity contribution is 8.00. The first-order chi connectivity index (χ1) is 11.0. The van der Waals surface area contributed by atoms with Crippen LogP contribution in [0.1, 0.15) is 13.3 Å². The van der Waals surface area contributed by atoms with Gasteiger partial charge in [0.25, 0.3) is 0 Å². The topological polar surface area (TPSA) is 87.3 Å². The van der Waals surface area contributed by atoms with Crippen LogP contribution in [0.5, 0.6) is 0 Å². The van der Waals surface area contributed by atoms with Crippen LogP contribution in [0.3, 0.4) is 0 Å². The molecule has 0 saturated carbocycles. The SMILES string of the molecule is CCCNC(=O)CNC(=O)CSCC(=O)Nc1ccc(Cl)cc1. The summed E-state index contributed by atoms with van der Waals surface area (Å²) in [6.45, 7) is 2.50. The van der Waals surface area contributed by atoms with Crippen LogP contribution >= 0.6 is 23.4 Å². The normalized spacial score (nSPS) is 10.0. The van der Waals surface area contributed by atoms with E-state index in [1.165, 1.54) is 11.8 Å². The molecule has 0 aromatic heterocycles. The summed E-state index contributed by atoms with van der Waals surface area (Å²) in [5.41, 5.74) is 0.650. The lowest BCUT2D eigenvalue weighted by atomic mass is 10.3. The van der Waals surface area contributed by atoms with Gasteiger partial charge in [0.2, 0.25) is 17.7 Å². The lowest BCUT2D eigenvalue weighted by Gasteiger charge is -2.07. The van der Waals surface area contributed by atoms with E-state index < -0.39 is 0 Å². The smallest absolute Gasteiger partial charge is 0.239 e. The minimum absolute atomic E-state index is 0.0453. The van der Waals surface area contributed by atoms with Crippen molar-refractivity contribution in [1.29, 1.82) is 0 Å². The van der Waals surface area contributed by atoms with Crippen molar-refractivity contribution in [2.24, 2.45) is 0 Å². The van der Waals surface area contributed by atoms with Crippen LogP contribution in [0.15, 0.2) is 24.3 Å². The minimum Gasteiger partial charge on any atom is -0.355 e. The molecule has 0 fully saturated rings. The number of nitrogens with one attached hydrogen (secondary N) is 3. The number of hydrogen-bond donors (Lipinski definition) is 3. The largest absolute Gasteiger partial charge is 0.355 e. The third kappa shape index (κ3) is 9.10. The van der Waals surface area contributed by atoms with E-state index in [0.29, 0.717) is 17.3 Å². The van der Waals surface area contributed by atoms with Gasteiger partial charge in [0.15, 0.2) is 0 Å². The molecule has 0 atom stereocenters. The van der Waals surface area contributed by atoms with E-state index in [9.17, 15) is 14.4 Å². The van der Waals surface area contributed by atoms with Gasteiger partial charge in [-0.1, -0.05) is 18.5 Å². The van der Waals surface area contributed by atoms with Gasteiger partial charge in [0, 0.05) is 17.3 Å². The first-order valence-electron chi connectivity index (χ1n) is 7.17. The molecule has 6 nitrogen and oxygen atoms in total. The number of amides is 3. The Balaban J connectivity index is 2.15. The number of thioether (sulfide) groups is 1. The molecule has 8 heteroatoms. The van der Waals surface area contributed by atoms with E-state index in [4.69, 9.17) is 11.6 Å². The second-order valence-electron chi connectivity index (χ2n) is 4.67. The molecular formula is C15H20ClN3O3S. The van der Waals surface area contributed by atoms with E-state index >= 15 is 0 Å². The van der Waals surface area contributed by atoms with Crippen molar-refractivity contribution in [3.63, 3.8) is 0 Å². The first-order valence-corrected chi connectivity index (χ1v) is 8.71. The summed E-state index contributed by atoms with van der Waals surface area (Å²) >= 11 is 6.94. The Labute approximate surface area is 144 Å². The van der Waals surface area contributed by atoms with Crippen molar-refractivity contribution < 1.29 is 14.4 Å². The van der Waals surface area contributed by atoms with Crippen LogP contribution in [0.2, 0.25) is 5.02 Å². The zero-order chi connectivity index (χ0) is 17.1. The Kier molecular flexibility index (Phi) is 9.16. The average Bonchev–Trinajstić information content (AvgIpc) is 2.53. The summed E-state index contributed by atoms with van der Waals surface area (Å²) in [7, 11) is 0. The minimum atomic E-state index is -0.277. The van der Waals surface area contributed by atoms with Gasteiger partial charge in [0.05, 0.1) is 18.1 Å². The first kappa shape index (κ1) is 19.3. The number of anilines is 1. The average molecular weight is 358 g/mol. The molecule has 126 valence electrons. The van der Waals surface area contributed by atoms with Crippen molar-refractivity contribution in [3.05, 3.63) is 29.3 Å². The van der Waals surface area contributed by atoms with Crippen molar-refractivity contribution in [2.75, 3.05) is 29.9 Å².